The molecule has 0 saturated carbocycles. The summed E-state index contributed by atoms with van der Waals surface area (Å²) < 4.78 is 0. The van der Waals surface area contributed by atoms with Crippen molar-refractivity contribution in [1.82, 2.24) is 0 Å². The first-order chi connectivity index (χ1) is 9.27. The van der Waals surface area contributed by atoms with Crippen molar-refractivity contribution in [2.45, 2.75) is 6.42 Å². The zero-order chi connectivity index (χ0) is 13.0. The highest BCUT2D eigenvalue weighted by molar-refractivity contribution is 6.35. The van der Waals surface area contributed by atoms with Crippen LogP contribution in [0.4, 0.5) is 0 Å². The predicted octanol–water partition coefficient (Wildman–Crippen LogP) is 3.76. The highest BCUT2D eigenvalue weighted by atomic mass is 16.2. The number of hydrogen-bond acceptors (Lipinski definition) is 2. The molecular formula is C17H10O2. The molecule has 0 atom stereocenters. The standard InChI is InChI=1S/C17H10O2/c18-14-9-15(19)17-13-8-4-2-6-11(13)10-5-1-3-7-12(10)16(14)17/h1-8H,9H2. The summed E-state index contributed by atoms with van der Waals surface area (Å²) in [6.45, 7) is 0. The Kier molecular flexibility index (Phi) is 1.93. The summed E-state index contributed by atoms with van der Waals surface area (Å²) in [7, 11) is 0. The Morgan fingerprint density at radius 2 is 0.947 bits per heavy atom. The third-order valence-corrected chi connectivity index (χ3v) is 3.81. The first kappa shape index (κ1) is 10.4. The molecule has 2 nitrogen and oxygen atoms in total. The van der Waals surface area contributed by atoms with Gasteiger partial charge < -0.3 is 0 Å². The lowest BCUT2D eigenvalue weighted by molar-refractivity contribution is 0.0924. The lowest BCUT2D eigenvalue weighted by Crippen LogP contribution is -1.95. The molecule has 19 heavy (non-hydrogen) atoms. The zero-order valence-corrected chi connectivity index (χ0v) is 10.1. The van der Waals surface area contributed by atoms with E-state index in [0.29, 0.717) is 11.1 Å². The molecule has 90 valence electrons. The monoisotopic (exact) mass is 246 g/mol. The number of rotatable bonds is 0. The summed E-state index contributed by atoms with van der Waals surface area (Å²) in [5, 5.41) is 3.87. The van der Waals surface area contributed by atoms with Gasteiger partial charge in [-0.1, -0.05) is 48.5 Å². The highest BCUT2D eigenvalue weighted by Gasteiger charge is 2.31. The van der Waals surface area contributed by atoms with Crippen molar-refractivity contribution in [1.29, 1.82) is 0 Å². The molecule has 0 unspecified atom stereocenters. The molecule has 0 heterocycles. The van der Waals surface area contributed by atoms with Crippen LogP contribution in [0.15, 0.2) is 48.5 Å². The number of Topliss-reactive ketones (excluding diaryl/α,β-unsaturated/α-hetero) is 2. The van der Waals surface area contributed by atoms with E-state index in [0.717, 1.165) is 21.5 Å². The molecule has 2 heteroatoms. The van der Waals surface area contributed by atoms with Crippen LogP contribution in [0.5, 0.6) is 0 Å². The fraction of sp³-hybridized carbons (Fsp3) is 0.0588. The lowest BCUT2D eigenvalue weighted by Gasteiger charge is -2.09. The van der Waals surface area contributed by atoms with Gasteiger partial charge in [-0.05, 0) is 21.5 Å². The summed E-state index contributed by atoms with van der Waals surface area (Å²) in [5.74, 6) is -0.107. The van der Waals surface area contributed by atoms with Crippen LogP contribution in [0.25, 0.3) is 21.5 Å². The van der Waals surface area contributed by atoms with Crippen LogP contribution < -0.4 is 0 Å². The molecule has 4 rings (SSSR count). The van der Waals surface area contributed by atoms with Crippen LogP contribution in [-0.2, 0) is 0 Å². The second kappa shape index (κ2) is 3.51. The van der Waals surface area contributed by atoms with Crippen LogP contribution in [-0.4, -0.2) is 11.6 Å². The fourth-order valence-electron chi connectivity index (χ4n) is 3.04. The molecule has 0 aliphatic heterocycles. The number of fused-ring (bicyclic) bond motifs is 6. The average molecular weight is 246 g/mol. The second-order valence-electron chi connectivity index (χ2n) is 4.86. The van der Waals surface area contributed by atoms with Crippen molar-refractivity contribution in [3.63, 3.8) is 0 Å². The normalized spacial score (nSPS) is 14.3. The van der Waals surface area contributed by atoms with E-state index in [9.17, 15) is 9.59 Å². The summed E-state index contributed by atoms with van der Waals surface area (Å²) >= 11 is 0. The van der Waals surface area contributed by atoms with Gasteiger partial charge in [0.15, 0.2) is 11.6 Å². The van der Waals surface area contributed by atoms with E-state index in [-0.39, 0.29) is 18.0 Å². The molecule has 0 N–H and O–H groups in total. The van der Waals surface area contributed by atoms with Crippen molar-refractivity contribution in [2.75, 3.05) is 0 Å². The Bertz CT molecular complexity index is 802. The Morgan fingerprint density at radius 3 is 1.37 bits per heavy atom. The number of hydrogen-bond donors (Lipinski definition) is 0. The maximum atomic E-state index is 12.1. The van der Waals surface area contributed by atoms with E-state index < -0.39 is 0 Å². The molecule has 3 aromatic rings. The molecule has 0 amide bonds. The number of carbonyl (C=O) groups excluding carboxylic acids is 2. The van der Waals surface area contributed by atoms with Crippen LogP contribution >= 0.6 is 0 Å². The zero-order valence-electron chi connectivity index (χ0n) is 10.1. The minimum atomic E-state index is -0.0537. The number of ketones is 2. The molecule has 0 aromatic heterocycles. The lowest BCUT2D eigenvalue weighted by atomic mass is 9.93. The second-order valence-corrected chi connectivity index (χ2v) is 4.86. The van der Waals surface area contributed by atoms with Crippen LogP contribution in [0.3, 0.4) is 0 Å². The molecule has 3 aromatic carbocycles. The smallest absolute Gasteiger partial charge is 0.171 e. The van der Waals surface area contributed by atoms with Gasteiger partial charge in [-0.15, -0.1) is 0 Å². The fourth-order valence-corrected chi connectivity index (χ4v) is 3.04. The largest absolute Gasteiger partial charge is 0.294 e. The number of benzene rings is 3. The predicted molar refractivity (Wildman–Crippen MR) is 74.7 cm³/mol. The van der Waals surface area contributed by atoms with Crippen molar-refractivity contribution in [3.05, 3.63) is 59.7 Å². The van der Waals surface area contributed by atoms with Crippen LogP contribution in [0.2, 0.25) is 0 Å². The molecule has 0 spiro atoms. The van der Waals surface area contributed by atoms with E-state index in [2.05, 4.69) is 0 Å². The molecule has 0 bridgehead atoms. The first-order valence-corrected chi connectivity index (χ1v) is 6.27. The van der Waals surface area contributed by atoms with Gasteiger partial charge in [0, 0.05) is 11.1 Å². The van der Waals surface area contributed by atoms with E-state index in [1.54, 1.807) is 0 Å². The number of carbonyl (C=O) groups is 2. The van der Waals surface area contributed by atoms with Gasteiger partial charge in [0.1, 0.15) is 0 Å². The van der Waals surface area contributed by atoms with E-state index in [1.807, 2.05) is 48.5 Å². The van der Waals surface area contributed by atoms with Crippen molar-refractivity contribution >= 4 is 33.1 Å². The Morgan fingerprint density at radius 1 is 0.579 bits per heavy atom. The maximum Gasteiger partial charge on any atom is 0.171 e. The first-order valence-electron chi connectivity index (χ1n) is 6.27. The molecule has 0 radical (unpaired) electrons. The van der Waals surface area contributed by atoms with Gasteiger partial charge in [-0.3, -0.25) is 9.59 Å². The summed E-state index contributed by atoms with van der Waals surface area (Å²) in [6.07, 6.45) is 0.00728. The third-order valence-electron chi connectivity index (χ3n) is 3.81. The quantitative estimate of drug-likeness (QED) is 0.447. The Balaban J connectivity index is 2.38. The van der Waals surface area contributed by atoms with Crippen LogP contribution in [0.1, 0.15) is 27.1 Å². The van der Waals surface area contributed by atoms with E-state index in [1.165, 1.54) is 0 Å². The minimum Gasteiger partial charge on any atom is -0.294 e. The Hall–Kier alpha value is -2.48. The molecule has 0 fully saturated rings. The van der Waals surface area contributed by atoms with Crippen molar-refractivity contribution < 1.29 is 9.59 Å². The molecule has 0 saturated heterocycles. The molecule has 1 aliphatic rings. The van der Waals surface area contributed by atoms with Crippen molar-refractivity contribution in [3.8, 4) is 0 Å². The van der Waals surface area contributed by atoms with E-state index in [4.69, 9.17) is 0 Å². The topological polar surface area (TPSA) is 34.1 Å². The van der Waals surface area contributed by atoms with Crippen LogP contribution in [0, 0.1) is 0 Å². The maximum absolute atomic E-state index is 12.1. The van der Waals surface area contributed by atoms with Gasteiger partial charge in [-0.25, -0.2) is 0 Å². The van der Waals surface area contributed by atoms with Gasteiger partial charge in [0.05, 0.1) is 6.42 Å². The summed E-state index contributed by atoms with van der Waals surface area (Å²) in [5.41, 5.74) is 1.22. The van der Waals surface area contributed by atoms with Crippen molar-refractivity contribution in [2.24, 2.45) is 0 Å². The summed E-state index contributed by atoms with van der Waals surface area (Å²) in [4.78, 5) is 24.2. The highest BCUT2D eigenvalue weighted by Crippen LogP contribution is 2.37. The Labute approximate surface area is 109 Å². The average Bonchev–Trinajstić information content (AvgIpc) is 2.75. The third kappa shape index (κ3) is 1.26. The molecular weight excluding hydrogens is 236 g/mol. The van der Waals surface area contributed by atoms with Gasteiger partial charge in [0.2, 0.25) is 0 Å². The SMILES string of the molecule is O=C1CC(=O)c2c1c1ccccc1c1ccccc21. The summed E-state index contributed by atoms with van der Waals surface area (Å²) in [6, 6.07) is 15.6. The van der Waals surface area contributed by atoms with E-state index >= 15 is 0 Å². The molecule has 1 aliphatic carbocycles. The van der Waals surface area contributed by atoms with Gasteiger partial charge in [-0.2, -0.15) is 0 Å². The van der Waals surface area contributed by atoms with Gasteiger partial charge in [0.25, 0.3) is 0 Å². The van der Waals surface area contributed by atoms with Gasteiger partial charge >= 0.3 is 0 Å². The minimum absolute atomic E-state index is 0.00728.